The van der Waals surface area contributed by atoms with Crippen LogP contribution in [0.5, 0.6) is 0 Å². The first-order valence-corrected chi connectivity index (χ1v) is 6.67. The maximum absolute atomic E-state index is 11.6. The molecule has 7 heteroatoms. The van der Waals surface area contributed by atoms with Gasteiger partial charge in [0.25, 0.3) is 0 Å². The number of rotatable bonds is 4. The number of aromatic nitrogens is 2. The van der Waals surface area contributed by atoms with Gasteiger partial charge < -0.3 is 4.42 Å². The molecule has 20 heavy (non-hydrogen) atoms. The lowest BCUT2D eigenvalue weighted by molar-refractivity contribution is 0.0927. The highest BCUT2D eigenvalue weighted by molar-refractivity contribution is 7.12. The Morgan fingerprint density at radius 1 is 1.45 bits per heavy atom. The van der Waals surface area contributed by atoms with Crippen molar-refractivity contribution >= 4 is 23.5 Å². The molecule has 100 valence electrons. The fourth-order valence-electron chi connectivity index (χ4n) is 1.63. The lowest BCUT2D eigenvalue weighted by Crippen LogP contribution is -2.17. The number of hydrogen-bond donors (Lipinski definition) is 1. The van der Waals surface area contributed by atoms with Gasteiger partial charge in [-0.3, -0.25) is 9.36 Å². The van der Waals surface area contributed by atoms with Crippen LogP contribution in [0.4, 0.5) is 0 Å². The first-order valence-electron chi connectivity index (χ1n) is 5.79. The second-order valence-corrected chi connectivity index (χ2v) is 4.67. The van der Waals surface area contributed by atoms with Crippen LogP contribution >= 0.6 is 11.3 Å². The van der Waals surface area contributed by atoms with Gasteiger partial charge in [-0.05, 0) is 24.3 Å². The predicted molar refractivity (Wildman–Crippen MR) is 75.2 cm³/mol. The molecule has 0 atom stereocenters. The van der Waals surface area contributed by atoms with Gasteiger partial charge in [0.2, 0.25) is 0 Å². The maximum Gasteiger partial charge on any atom is 0.307 e. The van der Waals surface area contributed by atoms with Crippen LogP contribution in [-0.4, -0.2) is 21.7 Å². The molecular weight excluding hydrogens is 276 g/mol. The number of carbonyl (C=O) groups is 1. The van der Waals surface area contributed by atoms with Crippen molar-refractivity contribution in [2.24, 2.45) is 5.10 Å². The van der Waals surface area contributed by atoms with Gasteiger partial charge in [0.15, 0.2) is 10.9 Å². The summed E-state index contributed by atoms with van der Waals surface area (Å²) >= 11 is 1.52. The number of carbonyl (C=O) groups excluding carboxylic acids is 1. The maximum atomic E-state index is 11.6. The second kappa shape index (κ2) is 5.54. The quantitative estimate of drug-likeness (QED) is 0.591. The largest absolute Gasteiger partial charge is 0.459 e. The zero-order chi connectivity index (χ0) is 13.8. The Labute approximate surface area is 118 Å². The zero-order valence-electron chi connectivity index (χ0n) is 10.3. The van der Waals surface area contributed by atoms with Gasteiger partial charge in [0.05, 0.1) is 18.2 Å². The highest BCUT2D eigenvalue weighted by atomic mass is 32.1. The van der Waals surface area contributed by atoms with Crippen molar-refractivity contribution in [3.8, 4) is 5.13 Å². The molecular formula is C13H10N4O2S. The Morgan fingerprint density at radius 3 is 3.15 bits per heavy atom. The van der Waals surface area contributed by atoms with Crippen molar-refractivity contribution in [1.82, 2.24) is 15.0 Å². The third kappa shape index (κ3) is 2.52. The smallest absolute Gasteiger partial charge is 0.307 e. The van der Waals surface area contributed by atoms with Crippen LogP contribution in [-0.2, 0) is 0 Å². The first kappa shape index (κ1) is 12.4. The summed E-state index contributed by atoms with van der Waals surface area (Å²) in [4.78, 5) is 15.8. The molecule has 0 aliphatic carbocycles. The van der Waals surface area contributed by atoms with Crippen molar-refractivity contribution < 1.29 is 9.21 Å². The fraction of sp³-hybridized carbons (Fsp3) is 0. The molecule has 0 spiro atoms. The molecule has 0 bridgehead atoms. The molecule has 6 nitrogen and oxygen atoms in total. The molecule has 0 aliphatic heterocycles. The summed E-state index contributed by atoms with van der Waals surface area (Å²) < 4.78 is 6.85. The number of furan rings is 1. The van der Waals surface area contributed by atoms with Crippen molar-refractivity contribution in [1.29, 1.82) is 0 Å². The Balaban J connectivity index is 1.71. The van der Waals surface area contributed by atoms with Gasteiger partial charge in [-0.15, -0.1) is 11.3 Å². The third-order valence-corrected chi connectivity index (χ3v) is 3.28. The molecule has 1 N–H and O–H groups in total. The van der Waals surface area contributed by atoms with Gasteiger partial charge in [0, 0.05) is 17.8 Å². The summed E-state index contributed by atoms with van der Waals surface area (Å²) in [6.45, 7) is 0. The number of thiazole rings is 1. The summed E-state index contributed by atoms with van der Waals surface area (Å²) in [5.41, 5.74) is 3.22. The van der Waals surface area contributed by atoms with E-state index in [4.69, 9.17) is 4.42 Å². The summed E-state index contributed by atoms with van der Waals surface area (Å²) in [6.07, 6.45) is 6.61. The van der Waals surface area contributed by atoms with Crippen molar-refractivity contribution in [3.05, 3.63) is 59.8 Å². The molecule has 3 aromatic heterocycles. The van der Waals surface area contributed by atoms with E-state index in [1.807, 2.05) is 28.3 Å². The Morgan fingerprint density at radius 2 is 2.40 bits per heavy atom. The van der Waals surface area contributed by atoms with E-state index in [0.717, 1.165) is 10.8 Å². The summed E-state index contributed by atoms with van der Waals surface area (Å²) in [6, 6.07) is 6.98. The van der Waals surface area contributed by atoms with E-state index in [0.29, 0.717) is 0 Å². The second-order valence-electron chi connectivity index (χ2n) is 3.79. The van der Waals surface area contributed by atoms with Gasteiger partial charge in [-0.1, -0.05) is 0 Å². The SMILES string of the molecule is O=C(N/N=C\c1cccn1-c1nccs1)c1ccco1. The van der Waals surface area contributed by atoms with Gasteiger partial charge in [0.1, 0.15) is 0 Å². The average molecular weight is 286 g/mol. The molecule has 0 saturated heterocycles. The van der Waals surface area contributed by atoms with Crippen LogP contribution in [0.2, 0.25) is 0 Å². The Bertz CT molecular complexity index is 713. The van der Waals surface area contributed by atoms with Crippen molar-refractivity contribution in [2.45, 2.75) is 0 Å². The number of amides is 1. The van der Waals surface area contributed by atoms with Crippen LogP contribution in [0, 0.1) is 0 Å². The molecule has 3 rings (SSSR count). The van der Waals surface area contributed by atoms with Gasteiger partial charge in [-0.25, -0.2) is 10.4 Å². The third-order valence-electron chi connectivity index (χ3n) is 2.51. The molecule has 0 radical (unpaired) electrons. The van der Waals surface area contributed by atoms with Gasteiger partial charge >= 0.3 is 5.91 Å². The van der Waals surface area contributed by atoms with E-state index in [1.54, 1.807) is 24.5 Å². The van der Waals surface area contributed by atoms with E-state index >= 15 is 0 Å². The van der Waals surface area contributed by atoms with E-state index in [9.17, 15) is 4.79 Å². The van der Waals surface area contributed by atoms with Crippen molar-refractivity contribution in [3.63, 3.8) is 0 Å². The van der Waals surface area contributed by atoms with E-state index in [1.165, 1.54) is 17.6 Å². The zero-order valence-corrected chi connectivity index (χ0v) is 11.1. The van der Waals surface area contributed by atoms with Crippen LogP contribution in [0.15, 0.2) is 57.8 Å². The standard InChI is InChI=1S/C13H10N4O2S/c18-12(11-4-2-7-19-11)16-15-9-10-3-1-6-17(10)13-14-5-8-20-13/h1-9H,(H,16,18)/b15-9-. The Hall–Kier alpha value is -2.67. The average Bonchev–Trinajstić information content (AvgIpc) is 3.20. The van der Waals surface area contributed by atoms with E-state index in [2.05, 4.69) is 15.5 Å². The normalized spacial score (nSPS) is 11.0. The number of hydrazone groups is 1. The highest BCUT2D eigenvalue weighted by Gasteiger charge is 2.06. The van der Waals surface area contributed by atoms with Crippen LogP contribution in [0.25, 0.3) is 5.13 Å². The highest BCUT2D eigenvalue weighted by Crippen LogP contribution is 2.13. The molecule has 0 aliphatic rings. The molecule has 3 heterocycles. The van der Waals surface area contributed by atoms with Gasteiger partial charge in [-0.2, -0.15) is 5.10 Å². The Kier molecular flexibility index (Phi) is 3.42. The van der Waals surface area contributed by atoms with Crippen LogP contribution in [0.3, 0.4) is 0 Å². The minimum atomic E-state index is -0.390. The molecule has 1 amide bonds. The molecule has 0 fully saturated rings. The number of nitrogens with zero attached hydrogens (tertiary/aromatic N) is 3. The lowest BCUT2D eigenvalue weighted by atomic mass is 10.4. The first-order chi connectivity index (χ1) is 9.84. The topological polar surface area (TPSA) is 72.4 Å². The lowest BCUT2D eigenvalue weighted by Gasteiger charge is -2.00. The fourth-order valence-corrected chi connectivity index (χ4v) is 2.27. The number of nitrogens with one attached hydrogen (secondary N) is 1. The minimum Gasteiger partial charge on any atom is -0.459 e. The monoisotopic (exact) mass is 286 g/mol. The summed E-state index contributed by atoms with van der Waals surface area (Å²) in [7, 11) is 0. The van der Waals surface area contributed by atoms with Crippen molar-refractivity contribution in [2.75, 3.05) is 0 Å². The van der Waals surface area contributed by atoms with Crippen LogP contribution in [0.1, 0.15) is 16.2 Å². The van der Waals surface area contributed by atoms with E-state index < -0.39 is 5.91 Å². The van der Waals surface area contributed by atoms with E-state index in [-0.39, 0.29) is 5.76 Å². The molecule has 0 unspecified atom stereocenters. The molecule has 0 aromatic carbocycles. The molecule has 3 aromatic rings. The summed E-state index contributed by atoms with van der Waals surface area (Å²) in [5.74, 6) is -0.170. The molecule has 0 saturated carbocycles. The summed E-state index contributed by atoms with van der Waals surface area (Å²) in [5, 5.41) is 6.65. The predicted octanol–water partition coefficient (Wildman–Crippen LogP) is 2.29. The van der Waals surface area contributed by atoms with Crippen LogP contribution < -0.4 is 5.43 Å². The minimum absolute atomic E-state index is 0.220. The number of hydrogen-bond acceptors (Lipinski definition) is 5.